The van der Waals surface area contributed by atoms with E-state index in [-0.39, 0.29) is 18.4 Å². The number of aromatic nitrogens is 2. The topological polar surface area (TPSA) is 67.2 Å². The molecule has 0 aliphatic rings. The molecular weight excluding hydrogens is 254 g/mol. The van der Waals surface area contributed by atoms with Gasteiger partial charge in [-0.05, 0) is 18.1 Å². The van der Waals surface area contributed by atoms with E-state index >= 15 is 0 Å². The summed E-state index contributed by atoms with van der Waals surface area (Å²) in [4.78, 5) is 12.0. The predicted molar refractivity (Wildman–Crippen MR) is 76.4 cm³/mol. The molecule has 1 aromatic carbocycles. The van der Waals surface area contributed by atoms with Crippen LogP contribution in [-0.2, 0) is 7.05 Å². The van der Waals surface area contributed by atoms with E-state index in [1.807, 2.05) is 30.3 Å². The molecule has 0 aliphatic carbocycles. The first-order valence-electron chi connectivity index (χ1n) is 6.64. The third-order valence-electron chi connectivity index (χ3n) is 3.31. The molecular formula is C15H19N3O2. The van der Waals surface area contributed by atoms with Gasteiger partial charge in [0.15, 0.2) is 0 Å². The Hall–Kier alpha value is -2.14. The Morgan fingerprint density at radius 1 is 1.35 bits per heavy atom. The molecule has 106 valence electrons. The van der Waals surface area contributed by atoms with Gasteiger partial charge in [-0.2, -0.15) is 5.10 Å². The second-order valence-electron chi connectivity index (χ2n) is 4.67. The van der Waals surface area contributed by atoms with Crippen molar-refractivity contribution < 1.29 is 9.90 Å². The zero-order chi connectivity index (χ0) is 14.4. The van der Waals surface area contributed by atoms with Crippen LogP contribution in [0.2, 0.25) is 0 Å². The molecule has 0 aliphatic heterocycles. The molecule has 0 saturated heterocycles. The van der Waals surface area contributed by atoms with Gasteiger partial charge in [-0.25, -0.2) is 0 Å². The lowest BCUT2D eigenvalue weighted by Gasteiger charge is -2.17. The van der Waals surface area contributed by atoms with E-state index in [0.717, 1.165) is 5.56 Å². The third-order valence-corrected chi connectivity index (χ3v) is 3.31. The number of carbonyl (C=O) groups excluding carboxylic acids is 1. The lowest BCUT2D eigenvalue weighted by molar-refractivity contribution is 0.0940. The van der Waals surface area contributed by atoms with Gasteiger partial charge in [0.1, 0.15) is 5.69 Å². The Morgan fingerprint density at radius 3 is 2.70 bits per heavy atom. The first-order valence-corrected chi connectivity index (χ1v) is 6.64. The summed E-state index contributed by atoms with van der Waals surface area (Å²) in [6.45, 7) is 0.593. The number of nitrogens with zero attached hydrogens (tertiary/aromatic N) is 2. The molecule has 1 heterocycles. The first-order chi connectivity index (χ1) is 9.72. The molecule has 5 heteroatoms. The summed E-state index contributed by atoms with van der Waals surface area (Å²) in [7, 11) is 1.73. The van der Waals surface area contributed by atoms with E-state index in [2.05, 4.69) is 10.4 Å². The van der Waals surface area contributed by atoms with Crippen molar-refractivity contribution in [1.29, 1.82) is 0 Å². The standard InChI is InChI=1S/C15H19N3O2/c1-18-14(7-9-17-18)15(20)16-11-13(8-10-19)12-5-3-2-4-6-12/h2-7,9,13,19H,8,10-11H2,1H3,(H,16,20). The number of aliphatic hydroxyl groups is 1. The predicted octanol–water partition coefficient (Wildman–Crippen LogP) is 1.32. The summed E-state index contributed by atoms with van der Waals surface area (Å²) in [6.07, 6.45) is 2.22. The minimum absolute atomic E-state index is 0.0984. The molecule has 20 heavy (non-hydrogen) atoms. The second kappa shape index (κ2) is 6.86. The molecule has 1 amide bonds. The number of aryl methyl sites for hydroxylation is 1. The SMILES string of the molecule is Cn1nccc1C(=O)NCC(CCO)c1ccccc1. The summed E-state index contributed by atoms with van der Waals surface area (Å²) in [5.74, 6) is -0.0396. The van der Waals surface area contributed by atoms with Crippen LogP contribution in [0.1, 0.15) is 28.4 Å². The number of nitrogens with one attached hydrogen (secondary N) is 1. The largest absolute Gasteiger partial charge is 0.396 e. The van der Waals surface area contributed by atoms with Gasteiger partial charge in [-0.1, -0.05) is 30.3 Å². The molecule has 2 rings (SSSR count). The Bertz CT molecular complexity index is 551. The molecule has 1 unspecified atom stereocenters. The van der Waals surface area contributed by atoms with Crippen molar-refractivity contribution in [2.24, 2.45) is 7.05 Å². The quantitative estimate of drug-likeness (QED) is 0.834. The number of rotatable bonds is 6. The lowest BCUT2D eigenvalue weighted by atomic mass is 9.96. The summed E-state index contributed by atoms with van der Waals surface area (Å²) < 4.78 is 1.54. The van der Waals surface area contributed by atoms with E-state index in [4.69, 9.17) is 5.11 Å². The molecule has 0 saturated carbocycles. The molecule has 5 nitrogen and oxygen atoms in total. The smallest absolute Gasteiger partial charge is 0.269 e. The zero-order valence-electron chi connectivity index (χ0n) is 11.5. The van der Waals surface area contributed by atoms with Crippen LogP contribution in [0.4, 0.5) is 0 Å². The van der Waals surface area contributed by atoms with Crippen molar-refractivity contribution in [2.75, 3.05) is 13.2 Å². The van der Waals surface area contributed by atoms with Gasteiger partial charge in [-0.15, -0.1) is 0 Å². The van der Waals surface area contributed by atoms with Crippen LogP contribution in [0.25, 0.3) is 0 Å². The molecule has 2 N–H and O–H groups in total. The molecule has 0 spiro atoms. The molecule has 0 bridgehead atoms. The van der Waals surface area contributed by atoms with Gasteiger partial charge < -0.3 is 10.4 Å². The van der Waals surface area contributed by atoms with Crippen LogP contribution >= 0.6 is 0 Å². The number of amides is 1. The van der Waals surface area contributed by atoms with Gasteiger partial charge in [0, 0.05) is 32.3 Å². The van der Waals surface area contributed by atoms with Gasteiger partial charge >= 0.3 is 0 Å². The monoisotopic (exact) mass is 273 g/mol. The van der Waals surface area contributed by atoms with E-state index < -0.39 is 0 Å². The molecule has 0 fully saturated rings. The van der Waals surface area contributed by atoms with Crippen LogP contribution in [0.5, 0.6) is 0 Å². The van der Waals surface area contributed by atoms with Crippen molar-refractivity contribution in [1.82, 2.24) is 15.1 Å². The van der Waals surface area contributed by atoms with E-state index in [9.17, 15) is 4.79 Å². The number of hydrogen-bond acceptors (Lipinski definition) is 3. The van der Waals surface area contributed by atoms with Crippen LogP contribution in [-0.4, -0.2) is 33.9 Å². The fourth-order valence-corrected chi connectivity index (χ4v) is 2.17. The maximum Gasteiger partial charge on any atom is 0.269 e. The van der Waals surface area contributed by atoms with Crippen molar-refractivity contribution in [3.05, 3.63) is 53.9 Å². The van der Waals surface area contributed by atoms with Gasteiger partial charge in [-0.3, -0.25) is 9.48 Å². The summed E-state index contributed by atoms with van der Waals surface area (Å²) in [5.41, 5.74) is 1.65. The van der Waals surface area contributed by atoms with Crippen LogP contribution < -0.4 is 5.32 Å². The van der Waals surface area contributed by atoms with Crippen molar-refractivity contribution in [3.8, 4) is 0 Å². The molecule has 1 aromatic heterocycles. The number of carbonyl (C=O) groups is 1. The maximum absolute atomic E-state index is 12.0. The highest BCUT2D eigenvalue weighted by Crippen LogP contribution is 2.18. The lowest BCUT2D eigenvalue weighted by Crippen LogP contribution is -2.30. The maximum atomic E-state index is 12.0. The van der Waals surface area contributed by atoms with Crippen LogP contribution in [0.3, 0.4) is 0 Å². The zero-order valence-corrected chi connectivity index (χ0v) is 11.5. The molecule has 0 radical (unpaired) electrons. The average Bonchev–Trinajstić information content (AvgIpc) is 2.90. The second-order valence-corrected chi connectivity index (χ2v) is 4.67. The normalized spacial score (nSPS) is 12.1. The third kappa shape index (κ3) is 3.45. The fraction of sp³-hybridized carbons (Fsp3) is 0.333. The summed E-state index contributed by atoms with van der Waals surface area (Å²) >= 11 is 0. The number of hydrogen-bond donors (Lipinski definition) is 2. The van der Waals surface area contributed by atoms with E-state index in [1.165, 1.54) is 0 Å². The number of aliphatic hydroxyl groups excluding tert-OH is 1. The summed E-state index contributed by atoms with van der Waals surface area (Å²) in [6, 6.07) is 11.6. The highest BCUT2D eigenvalue weighted by atomic mass is 16.3. The van der Waals surface area contributed by atoms with E-state index in [0.29, 0.717) is 18.7 Å². The Labute approximate surface area is 118 Å². The average molecular weight is 273 g/mol. The van der Waals surface area contributed by atoms with Crippen molar-refractivity contribution >= 4 is 5.91 Å². The van der Waals surface area contributed by atoms with Crippen molar-refractivity contribution in [2.45, 2.75) is 12.3 Å². The summed E-state index contributed by atoms with van der Waals surface area (Å²) in [5, 5.41) is 16.0. The highest BCUT2D eigenvalue weighted by molar-refractivity contribution is 5.92. The van der Waals surface area contributed by atoms with Gasteiger partial charge in [0.2, 0.25) is 0 Å². The Morgan fingerprint density at radius 2 is 2.10 bits per heavy atom. The molecule has 1 atom stereocenters. The Balaban J connectivity index is 1.99. The number of benzene rings is 1. The van der Waals surface area contributed by atoms with Crippen LogP contribution in [0, 0.1) is 0 Å². The fourth-order valence-electron chi connectivity index (χ4n) is 2.17. The minimum atomic E-state index is -0.149. The first kappa shape index (κ1) is 14.3. The highest BCUT2D eigenvalue weighted by Gasteiger charge is 2.14. The molecule has 2 aromatic rings. The van der Waals surface area contributed by atoms with E-state index in [1.54, 1.807) is 24.0 Å². The van der Waals surface area contributed by atoms with Gasteiger partial charge in [0.05, 0.1) is 0 Å². The van der Waals surface area contributed by atoms with Crippen LogP contribution in [0.15, 0.2) is 42.6 Å². The van der Waals surface area contributed by atoms with Crippen molar-refractivity contribution in [3.63, 3.8) is 0 Å². The minimum Gasteiger partial charge on any atom is -0.396 e. The van der Waals surface area contributed by atoms with Gasteiger partial charge in [0.25, 0.3) is 5.91 Å². The Kier molecular flexibility index (Phi) is 4.90.